The van der Waals surface area contributed by atoms with Crippen molar-refractivity contribution in [2.24, 2.45) is 5.92 Å². The number of hydrogen-bond donors (Lipinski definition) is 3. The second kappa shape index (κ2) is 11.4. The average molecular weight is 492 g/mol. The van der Waals surface area contributed by atoms with Crippen molar-refractivity contribution in [2.75, 3.05) is 18.0 Å². The van der Waals surface area contributed by atoms with Crippen LogP contribution < -0.4 is 15.8 Å². The molecule has 1 aliphatic rings. The number of hydrogen-bond acceptors (Lipinski definition) is 4. The number of carbonyl (C=O) groups is 4. The Morgan fingerprint density at radius 1 is 1.03 bits per heavy atom. The summed E-state index contributed by atoms with van der Waals surface area (Å²) in [7, 11) is 0. The number of likely N-dealkylation sites (tertiary alicyclic amines) is 1. The smallest absolute Gasteiger partial charge is 0.407 e. The first-order valence-electron chi connectivity index (χ1n) is 10.7. The summed E-state index contributed by atoms with van der Waals surface area (Å²) in [4.78, 5) is 50.0. The van der Waals surface area contributed by atoms with E-state index in [1.807, 2.05) is 0 Å². The van der Waals surface area contributed by atoms with E-state index in [-0.39, 0.29) is 36.7 Å². The van der Waals surface area contributed by atoms with Gasteiger partial charge >= 0.3 is 18.4 Å². The molecular formula is C23H23F3N4O5. The summed E-state index contributed by atoms with van der Waals surface area (Å²) < 4.78 is 39.3. The van der Waals surface area contributed by atoms with E-state index in [1.54, 1.807) is 35.8 Å². The zero-order chi connectivity index (χ0) is 25.5. The number of nitrogens with zero attached hydrogens (tertiary/aromatic N) is 2. The Morgan fingerprint density at radius 3 is 2.26 bits per heavy atom. The molecule has 12 heteroatoms. The molecule has 2 aromatic carbocycles. The fraction of sp³-hybridized carbons (Fsp3) is 0.304. The Bertz CT molecular complexity index is 1090. The van der Waals surface area contributed by atoms with Crippen LogP contribution in [0.3, 0.4) is 0 Å². The van der Waals surface area contributed by atoms with Crippen LogP contribution in [-0.4, -0.2) is 53.3 Å². The van der Waals surface area contributed by atoms with Gasteiger partial charge in [0.05, 0.1) is 6.54 Å². The molecule has 0 aliphatic carbocycles. The number of amides is 4. The van der Waals surface area contributed by atoms with Crippen LogP contribution in [0.1, 0.15) is 28.8 Å². The zero-order valence-corrected chi connectivity index (χ0v) is 18.4. The van der Waals surface area contributed by atoms with Crippen molar-refractivity contribution >= 4 is 29.5 Å². The molecule has 186 valence electrons. The van der Waals surface area contributed by atoms with Gasteiger partial charge in [0.1, 0.15) is 5.82 Å². The third-order valence-electron chi connectivity index (χ3n) is 5.59. The summed E-state index contributed by atoms with van der Waals surface area (Å²) in [6.45, 7) is 0.279. The van der Waals surface area contributed by atoms with Gasteiger partial charge in [0.2, 0.25) is 5.91 Å². The van der Waals surface area contributed by atoms with E-state index in [4.69, 9.17) is 5.11 Å². The average Bonchev–Trinajstić information content (AvgIpc) is 2.86. The quantitative estimate of drug-likeness (QED) is 0.536. The van der Waals surface area contributed by atoms with Crippen molar-refractivity contribution in [1.29, 1.82) is 0 Å². The topological polar surface area (TPSA) is 119 Å². The van der Waals surface area contributed by atoms with Crippen LogP contribution in [-0.2, 0) is 16.1 Å². The number of carbonyl (C=O) groups excluding carboxylic acids is 3. The van der Waals surface area contributed by atoms with E-state index in [0.29, 0.717) is 18.5 Å². The maximum Gasteiger partial charge on any atom is 0.407 e. The highest BCUT2D eigenvalue weighted by atomic mass is 19.3. The van der Waals surface area contributed by atoms with Gasteiger partial charge in [0.25, 0.3) is 5.91 Å². The van der Waals surface area contributed by atoms with Crippen LogP contribution in [0.5, 0.6) is 0 Å². The first kappa shape index (κ1) is 25.5. The molecule has 0 bridgehead atoms. The molecule has 1 heterocycles. The van der Waals surface area contributed by atoms with Gasteiger partial charge in [-0.3, -0.25) is 25.2 Å². The van der Waals surface area contributed by atoms with Crippen LogP contribution in [0.15, 0.2) is 48.5 Å². The van der Waals surface area contributed by atoms with E-state index in [9.17, 15) is 32.3 Å². The highest BCUT2D eigenvalue weighted by Crippen LogP contribution is 2.26. The molecule has 0 radical (unpaired) electrons. The Balaban J connectivity index is 1.76. The predicted molar refractivity (Wildman–Crippen MR) is 118 cm³/mol. The number of piperidine rings is 1. The number of hydrazine groups is 1. The van der Waals surface area contributed by atoms with E-state index in [0.717, 1.165) is 6.07 Å². The van der Waals surface area contributed by atoms with Gasteiger partial charge in [-0.2, -0.15) is 8.78 Å². The summed E-state index contributed by atoms with van der Waals surface area (Å²) >= 11 is 0. The van der Waals surface area contributed by atoms with Crippen molar-refractivity contribution in [3.63, 3.8) is 0 Å². The summed E-state index contributed by atoms with van der Waals surface area (Å²) in [6, 6.07) is 12.0. The Hall–Kier alpha value is -4.09. The molecule has 3 N–H and O–H groups in total. The maximum absolute atomic E-state index is 14.9. The fourth-order valence-corrected chi connectivity index (χ4v) is 3.67. The van der Waals surface area contributed by atoms with Gasteiger partial charge in [-0.05, 0) is 37.1 Å². The number of halogens is 3. The molecule has 35 heavy (non-hydrogen) atoms. The van der Waals surface area contributed by atoms with Crippen molar-refractivity contribution in [1.82, 2.24) is 15.8 Å². The molecule has 0 aromatic heterocycles. The summed E-state index contributed by atoms with van der Waals surface area (Å²) in [5, 5.41) is 9.13. The normalized spacial score (nSPS) is 13.9. The highest BCUT2D eigenvalue weighted by molar-refractivity contribution is 5.96. The minimum atomic E-state index is -3.33. The molecule has 9 nitrogen and oxygen atoms in total. The molecule has 4 amide bonds. The second-order valence-electron chi connectivity index (χ2n) is 7.85. The maximum atomic E-state index is 14.9. The predicted octanol–water partition coefficient (Wildman–Crippen LogP) is 2.78. The van der Waals surface area contributed by atoms with E-state index < -0.39 is 36.1 Å². The molecule has 0 saturated carbocycles. The SMILES string of the molecule is O=C(NNC(=O)C(F)F)c1ccc(CN(C(=O)C2CCN(C(=O)O)CC2)c2ccccc2)c(F)c1. The third kappa shape index (κ3) is 6.49. The minimum absolute atomic E-state index is 0.0957. The van der Waals surface area contributed by atoms with Crippen molar-refractivity contribution in [3.05, 3.63) is 65.5 Å². The summed E-state index contributed by atoms with van der Waals surface area (Å²) in [5.41, 5.74) is 3.69. The first-order valence-corrected chi connectivity index (χ1v) is 10.7. The lowest BCUT2D eigenvalue weighted by atomic mass is 9.95. The van der Waals surface area contributed by atoms with Gasteiger partial charge in [-0.25, -0.2) is 9.18 Å². The number of para-hydroxylation sites is 1. The van der Waals surface area contributed by atoms with Gasteiger partial charge in [-0.15, -0.1) is 0 Å². The molecule has 1 saturated heterocycles. The second-order valence-corrected chi connectivity index (χ2v) is 7.85. The molecule has 1 aliphatic heterocycles. The van der Waals surface area contributed by atoms with Crippen LogP contribution in [0.2, 0.25) is 0 Å². The Kier molecular flexibility index (Phi) is 8.29. The lowest BCUT2D eigenvalue weighted by Crippen LogP contribution is -2.44. The third-order valence-corrected chi connectivity index (χ3v) is 5.59. The molecule has 0 atom stereocenters. The van der Waals surface area contributed by atoms with Gasteiger partial charge in [0.15, 0.2) is 0 Å². The summed E-state index contributed by atoms with van der Waals surface area (Å²) in [5.74, 6) is -4.24. The molecule has 1 fully saturated rings. The molecule has 0 spiro atoms. The number of nitrogens with one attached hydrogen (secondary N) is 2. The van der Waals surface area contributed by atoms with E-state index >= 15 is 0 Å². The Labute approximate surface area is 198 Å². The monoisotopic (exact) mass is 492 g/mol. The van der Waals surface area contributed by atoms with Crippen LogP contribution in [0.4, 0.5) is 23.7 Å². The molecule has 0 unspecified atom stereocenters. The van der Waals surface area contributed by atoms with Gasteiger partial charge in [-0.1, -0.05) is 24.3 Å². The van der Waals surface area contributed by atoms with Gasteiger partial charge < -0.3 is 14.9 Å². The van der Waals surface area contributed by atoms with Crippen molar-refractivity contribution in [2.45, 2.75) is 25.8 Å². The zero-order valence-electron chi connectivity index (χ0n) is 18.4. The van der Waals surface area contributed by atoms with Crippen molar-refractivity contribution in [3.8, 4) is 0 Å². The first-order chi connectivity index (χ1) is 16.7. The van der Waals surface area contributed by atoms with E-state index in [1.165, 1.54) is 27.4 Å². The minimum Gasteiger partial charge on any atom is -0.465 e. The molecular weight excluding hydrogens is 469 g/mol. The van der Waals surface area contributed by atoms with Crippen LogP contribution in [0.25, 0.3) is 0 Å². The van der Waals surface area contributed by atoms with Gasteiger partial charge in [0, 0.05) is 35.8 Å². The van der Waals surface area contributed by atoms with Crippen LogP contribution >= 0.6 is 0 Å². The highest BCUT2D eigenvalue weighted by Gasteiger charge is 2.31. The summed E-state index contributed by atoms with van der Waals surface area (Å²) in [6.07, 6.45) is -3.70. The van der Waals surface area contributed by atoms with E-state index in [2.05, 4.69) is 0 Å². The molecule has 2 aromatic rings. The standard InChI is InChI=1S/C23H23F3N4O5/c24-18-12-15(20(31)27-28-21(32)19(25)26)6-7-16(18)13-30(17-4-2-1-3-5-17)22(33)14-8-10-29(11-9-14)23(34)35/h1-7,12,14,19H,8-11,13H2,(H,27,31)(H,28,32)(H,34,35). The van der Waals surface area contributed by atoms with Crippen molar-refractivity contribution < 1.29 is 37.5 Å². The number of alkyl halides is 2. The lowest BCUT2D eigenvalue weighted by Gasteiger charge is -2.33. The number of anilines is 1. The number of benzene rings is 2. The van der Waals surface area contributed by atoms with Crippen LogP contribution in [0, 0.1) is 11.7 Å². The fourth-order valence-electron chi connectivity index (χ4n) is 3.67. The Morgan fingerprint density at radius 2 is 1.69 bits per heavy atom. The number of rotatable bonds is 6. The largest absolute Gasteiger partial charge is 0.465 e. The molecule has 3 rings (SSSR count). The lowest BCUT2D eigenvalue weighted by molar-refractivity contribution is -0.132. The number of carboxylic acid groups (broad SMARTS) is 1.